The number of hydrogen-bond donors (Lipinski definition) is 1. The largest absolute Gasteiger partial charge is 0.367 e. The highest BCUT2D eigenvalue weighted by Crippen LogP contribution is 2.18. The Hall–Kier alpha value is -2.00. The van der Waals surface area contributed by atoms with Gasteiger partial charge >= 0.3 is 0 Å². The Kier molecular flexibility index (Phi) is 3.61. The van der Waals surface area contributed by atoms with Crippen molar-refractivity contribution >= 4 is 28.3 Å². The van der Waals surface area contributed by atoms with Gasteiger partial charge in [-0.3, -0.25) is 0 Å². The average Bonchev–Trinajstić information content (AvgIpc) is 2.83. The van der Waals surface area contributed by atoms with Crippen LogP contribution in [0.25, 0.3) is 11.0 Å². The summed E-state index contributed by atoms with van der Waals surface area (Å²) in [5.41, 5.74) is 3.20. The van der Waals surface area contributed by atoms with E-state index in [9.17, 15) is 0 Å². The first-order valence-corrected chi connectivity index (χ1v) is 7.09. The molecule has 0 saturated heterocycles. The zero-order valence-electron chi connectivity index (χ0n) is 11.3. The number of imidazole rings is 1. The first kappa shape index (κ1) is 13.0. The van der Waals surface area contributed by atoms with Crippen molar-refractivity contribution in [2.75, 3.05) is 5.32 Å². The summed E-state index contributed by atoms with van der Waals surface area (Å²) in [5.74, 6) is 1.08. The number of fused-ring (bicyclic) bond motifs is 1. The summed E-state index contributed by atoms with van der Waals surface area (Å²) in [6.07, 6.45) is 0.909. The van der Waals surface area contributed by atoms with Gasteiger partial charge in [0.05, 0.1) is 17.7 Å². The molecule has 1 aromatic heterocycles. The third-order valence-electron chi connectivity index (χ3n) is 3.32. The van der Waals surface area contributed by atoms with Gasteiger partial charge in [-0.1, -0.05) is 36.7 Å². The monoisotopic (exact) mass is 285 g/mol. The first-order chi connectivity index (χ1) is 9.78. The number of aryl methyl sites for hydroxylation is 1. The number of anilines is 1. The number of hydrogen-bond acceptors (Lipinski definition) is 2. The lowest BCUT2D eigenvalue weighted by Crippen LogP contribution is -2.10. The normalized spacial score (nSPS) is 10.9. The maximum absolute atomic E-state index is 6.00. The third-order valence-corrected chi connectivity index (χ3v) is 3.55. The van der Waals surface area contributed by atoms with E-state index in [0.29, 0.717) is 6.67 Å². The quantitative estimate of drug-likeness (QED) is 0.773. The highest BCUT2D eigenvalue weighted by molar-refractivity contribution is 6.30. The molecule has 0 saturated carbocycles. The van der Waals surface area contributed by atoms with Crippen molar-refractivity contribution in [3.63, 3.8) is 0 Å². The molecule has 1 heterocycles. The first-order valence-electron chi connectivity index (χ1n) is 6.71. The van der Waals surface area contributed by atoms with Crippen LogP contribution in [0.3, 0.4) is 0 Å². The van der Waals surface area contributed by atoms with Crippen LogP contribution >= 0.6 is 11.6 Å². The highest BCUT2D eigenvalue weighted by atomic mass is 35.5. The van der Waals surface area contributed by atoms with Gasteiger partial charge in [-0.25, -0.2) is 4.98 Å². The Morgan fingerprint density at radius 2 is 2.00 bits per heavy atom. The molecule has 0 unspecified atom stereocenters. The Bertz CT molecular complexity index is 733. The minimum absolute atomic E-state index is 0.685. The fourth-order valence-corrected chi connectivity index (χ4v) is 2.53. The number of rotatable bonds is 4. The van der Waals surface area contributed by atoms with E-state index in [2.05, 4.69) is 27.9 Å². The predicted octanol–water partition coefficient (Wildman–Crippen LogP) is 4.32. The van der Waals surface area contributed by atoms with Crippen molar-refractivity contribution in [1.82, 2.24) is 9.55 Å². The smallest absolute Gasteiger partial charge is 0.111 e. The van der Waals surface area contributed by atoms with E-state index >= 15 is 0 Å². The summed E-state index contributed by atoms with van der Waals surface area (Å²) < 4.78 is 2.20. The molecule has 102 valence electrons. The standard InChI is InChI=1S/C16H16ClN3/c1-2-16-19-14-8-3-4-9-15(14)20(16)11-18-13-7-5-6-12(17)10-13/h3-10,18H,2,11H2,1H3. The Labute approximate surface area is 123 Å². The van der Waals surface area contributed by atoms with Gasteiger partial charge in [0.25, 0.3) is 0 Å². The second-order valence-corrected chi connectivity index (χ2v) is 5.08. The summed E-state index contributed by atoms with van der Waals surface area (Å²) in [6, 6.07) is 15.9. The van der Waals surface area contributed by atoms with E-state index < -0.39 is 0 Å². The van der Waals surface area contributed by atoms with Gasteiger partial charge in [0.1, 0.15) is 5.82 Å². The molecule has 0 radical (unpaired) electrons. The lowest BCUT2D eigenvalue weighted by atomic mass is 10.3. The molecule has 3 aromatic rings. The molecule has 0 aliphatic heterocycles. The van der Waals surface area contributed by atoms with Gasteiger partial charge in [0, 0.05) is 17.1 Å². The van der Waals surface area contributed by atoms with Crippen LogP contribution in [-0.4, -0.2) is 9.55 Å². The molecule has 0 fully saturated rings. The second-order valence-electron chi connectivity index (χ2n) is 4.64. The minimum Gasteiger partial charge on any atom is -0.367 e. The summed E-state index contributed by atoms with van der Waals surface area (Å²) in [4.78, 5) is 4.66. The van der Waals surface area contributed by atoms with Crippen molar-refractivity contribution < 1.29 is 0 Å². The summed E-state index contributed by atoms with van der Waals surface area (Å²) >= 11 is 6.00. The molecule has 0 spiro atoms. The van der Waals surface area contributed by atoms with E-state index in [1.807, 2.05) is 42.5 Å². The van der Waals surface area contributed by atoms with Crippen LogP contribution in [0.5, 0.6) is 0 Å². The fraction of sp³-hybridized carbons (Fsp3) is 0.188. The van der Waals surface area contributed by atoms with Gasteiger partial charge in [0.15, 0.2) is 0 Å². The molecule has 0 aliphatic carbocycles. The van der Waals surface area contributed by atoms with Crippen molar-refractivity contribution in [2.45, 2.75) is 20.0 Å². The van der Waals surface area contributed by atoms with Gasteiger partial charge in [-0.05, 0) is 30.3 Å². The van der Waals surface area contributed by atoms with Crippen LogP contribution in [0.4, 0.5) is 5.69 Å². The molecule has 0 aliphatic rings. The van der Waals surface area contributed by atoms with E-state index in [4.69, 9.17) is 11.6 Å². The number of aromatic nitrogens is 2. The number of halogens is 1. The van der Waals surface area contributed by atoms with E-state index in [1.165, 1.54) is 0 Å². The van der Waals surface area contributed by atoms with Crippen molar-refractivity contribution in [2.24, 2.45) is 0 Å². The number of nitrogens with one attached hydrogen (secondary N) is 1. The zero-order chi connectivity index (χ0) is 13.9. The Balaban J connectivity index is 1.90. The van der Waals surface area contributed by atoms with E-state index in [0.717, 1.165) is 34.0 Å². The average molecular weight is 286 g/mol. The lowest BCUT2D eigenvalue weighted by molar-refractivity contribution is 0.736. The maximum Gasteiger partial charge on any atom is 0.111 e. The van der Waals surface area contributed by atoms with Crippen molar-refractivity contribution in [1.29, 1.82) is 0 Å². The van der Waals surface area contributed by atoms with Crippen LogP contribution < -0.4 is 5.32 Å². The van der Waals surface area contributed by atoms with Crippen LogP contribution in [0, 0.1) is 0 Å². The minimum atomic E-state index is 0.685. The maximum atomic E-state index is 6.00. The topological polar surface area (TPSA) is 29.9 Å². The Morgan fingerprint density at radius 1 is 1.15 bits per heavy atom. The molecule has 3 rings (SSSR count). The SMILES string of the molecule is CCc1nc2ccccc2n1CNc1cccc(Cl)c1. The molecule has 2 aromatic carbocycles. The second kappa shape index (κ2) is 5.55. The van der Waals surface area contributed by atoms with Gasteiger partial charge in [-0.2, -0.15) is 0 Å². The molecule has 20 heavy (non-hydrogen) atoms. The molecule has 0 bridgehead atoms. The number of benzene rings is 2. The molecule has 4 heteroatoms. The van der Waals surface area contributed by atoms with Crippen LogP contribution in [0.1, 0.15) is 12.7 Å². The van der Waals surface area contributed by atoms with E-state index in [-0.39, 0.29) is 0 Å². The van der Waals surface area contributed by atoms with Gasteiger partial charge in [-0.15, -0.1) is 0 Å². The van der Waals surface area contributed by atoms with Crippen molar-refractivity contribution in [3.8, 4) is 0 Å². The molecule has 3 nitrogen and oxygen atoms in total. The van der Waals surface area contributed by atoms with Crippen LogP contribution in [0.2, 0.25) is 5.02 Å². The molecular formula is C16H16ClN3. The fourth-order valence-electron chi connectivity index (χ4n) is 2.34. The van der Waals surface area contributed by atoms with Crippen LogP contribution in [-0.2, 0) is 13.1 Å². The van der Waals surface area contributed by atoms with E-state index in [1.54, 1.807) is 0 Å². The summed E-state index contributed by atoms with van der Waals surface area (Å²) in [6.45, 7) is 2.81. The number of nitrogens with zero attached hydrogens (tertiary/aromatic N) is 2. The Morgan fingerprint density at radius 3 is 2.80 bits per heavy atom. The molecule has 0 amide bonds. The number of para-hydroxylation sites is 2. The van der Waals surface area contributed by atoms with Gasteiger partial charge in [0.2, 0.25) is 0 Å². The van der Waals surface area contributed by atoms with Crippen molar-refractivity contribution in [3.05, 3.63) is 59.4 Å². The lowest BCUT2D eigenvalue weighted by Gasteiger charge is -2.11. The third kappa shape index (κ3) is 2.49. The highest BCUT2D eigenvalue weighted by Gasteiger charge is 2.08. The molecular weight excluding hydrogens is 270 g/mol. The molecule has 1 N–H and O–H groups in total. The summed E-state index contributed by atoms with van der Waals surface area (Å²) in [5, 5.41) is 4.13. The summed E-state index contributed by atoms with van der Waals surface area (Å²) in [7, 11) is 0. The van der Waals surface area contributed by atoms with Crippen LogP contribution in [0.15, 0.2) is 48.5 Å². The zero-order valence-corrected chi connectivity index (χ0v) is 12.1. The molecule has 0 atom stereocenters. The predicted molar refractivity (Wildman–Crippen MR) is 84.2 cm³/mol. The van der Waals surface area contributed by atoms with Gasteiger partial charge < -0.3 is 9.88 Å².